The molecule has 0 saturated carbocycles. The van der Waals surface area contributed by atoms with E-state index < -0.39 is 5.41 Å². The topological polar surface area (TPSA) is 38.8 Å². The van der Waals surface area contributed by atoms with E-state index in [4.69, 9.17) is 9.47 Å². The van der Waals surface area contributed by atoms with Crippen molar-refractivity contribution in [3.8, 4) is 0 Å². The number of ether oxygens (including phenoxy) is 2. The minimum absolute atomic E-state index is 0.132. The second-order valence-electron chi connectivity index (χ2n) is 11.4. The van der Waals surface area contributed by atoms with Gasteiger partial charge in [-0.2, -0.15) is 0 Å². The molecule has 0 aromatic heterocycles. The average molecular weight is 414 g/mol. The molecule has 29 heavy (non-hydrogen) atoms. The number of hydrogen-bond acceptors (Lipinski definition) is 3. The minimum Gasteiger partial charge on any atom is -0.376 e. The normalized spacial score (nSPS) is 13.4. The van der Waals surface area contributed by atoms with Crippen LogP contribution in [-0.4, -0.2) is 48.8 Å². The summed E-state index contributed by atoms with van der Waals surface area (Å²) in [6, 6.07) is 0. The second-order valence-corrected chi connectivity index (χ2v) is 11.4. The second kappa shape index (κ2) is 12.3. The molecule has 0 atom stereocenters. The van der Waals surface area contributed by atoms with Crippen molar-refractivity contribution in [1.82, 2.24) is 4.90 Å². The molecule has 1 amide bonds. The number of nitrogens with zero attached hydrogens (tertiary/aromatic N) is 1. The van der Waals surface area contributed by atoms with Crippen LogP contribution in [0.2, 0.25) is 0 Å². The number of amides is 1. The van der Waals surface area contributed by atoms with Crippen LogP contribution in [0.25, 0.3) is 0 Å². The van der Waals surface area contributed by atoms with E-state index in [1.54, 1.807) is 0 Å². The highest BCUT2D eigenvalue weighted by Crippen LogP contribution is 2.27. The average Bonchev–Trinajstić information content (AvgIpc) is 2.56. The minimum atomic E-state index is -0.425. The van der Waals surface area contributed by atoms with Crippen LogP contribution in [0.1, 0.15) is 101 Å². The van der Waals surface area contributed by atoms with E-state index in [9.17, 15) is 4.79 Å². The Labute approximate surface area is 182 Å². The molecule has 0 saturated heterocycles. The highest BCUT2D eigenvalue weighted by molar-refractivity contribution is 5.81. The van der Waals surface area contributed by atoms with E-state index in [0.717, 1.165) is 38.7 Å². The summed E-state index contributed by atoms with van der Waals surface area (Å²) in [5, 5.41) is 0. The van der Waals surface area contributed by atoms with Gasteiger partial charge < -0.3 is 14.4 Å². The van der Waals surface area contributed by atoms with Crippen LogP contribution in [0.15, 0.2) is 0 Å². The quantitative estimate of drug-likeness (QED) is 0.315. The first-order valence-electron chi connectivity index (χ1n) is 11.6. The molecule has 174 valence electrons. The third kappa shape index (κ3) is 13.3. The van der Waals surface area contributed by atoms with Crippen molar-refractivity contribution in [3.63, 3.8) is 0 Å². The Morgan fingerprint density at radius 2 is 1.24 bits per heavy atom. The van der Waals surface area contributed by atoms with Crippen molar-refractivity contribution < 1.29 is 14.3 Å². The molecule has 0 aliphatic rings. The first-order valence-corrected chi connectivity index (χ1v) is 11.6. The van der Waals surface area contributed by atoms with Crippen LogP contribution in [0.5, 0.6) is 0 Å². The predicted molar refractivity (Wildman–Crippen MR) is 124 cm³/mol. The molecule has 4 nitrogen and oxygen atoms in total. The summed E-state index contributed by atoms with van der Waals surface area (Å²) in [4.78, 5) is 14.8. The van der Waals surface area contributed by atoms with Gasteiger partial charge in [0.15, 0.2) is 0 Å². The van der Waals surface area contributed by atoms with Crippen LogP contribution < -0.4 is 0 Å². The van der Waals surface area contributed by atoms with Gasteiger partial charge in [-0.25, -0.2) is 0 Å². The van der Waals surface area contributed by atoms with Crippen molar-refractivity contribution >= 4 is 5.91 Å². The molecular formula is C25H51NO3. The molecule has 0 unspecified atom stereocenters. The van der Waals surface area contributed by atoms with Crippen molar-refractivity contribution in [2.75, 3.05) is 26.8 Å². The molecule has 0 aromatic carbocycles. The van der Waals surface area contributed by atoms with Crippen molar-refractivity contribution in [2.24, 2.45) is 17.3 Å². The Morgan fingerprint density at radius 1 is 0.759 bits per heavy atom. The summed E-state index contributed by atoms with van der Waals surface area (Å²) >= 11 is 0. The first kappa shape index (κ1) is 28.4. The maximum absolute atomic E-state index is 13.0. The summed E-state index contributed by atoms with van der Waals surface area (Å²) in [6.45, 7) is 23.6. The van der Waals surface area contributed by atoms with E-state index in [2.05, 4.69) is 55.4 Å². The first-order chi connectivity index (χ1) is 13.1. The van der Waals surface area contributed by atoms with Crippen molar-refractivity contribution in [3.05, 3.63) is 0 Å². The summed E-state index contributed by atoms with van der Waals surface area (Å²) in [5.41, 5.74) is -0.769. The highest BCUT2D eigenvalue weighted by atomic mass is 16.5. The van der Waals surface area contributed by atoms with Gasteiger partial charge >= 0.3 is 0 Å². The zero-order chi connectivity index (χ0) is 22.9. The lowest BCUT2D eigenvalue weighted by Gasteiger charge is -2.33. The fraction of sp³-hybridized carbons (Fsp3) is 0.960. The Hall–Kier alpha value is -0.610. The van der Waals surface area contributed by atoms with Gasteiger partial charge in [-0.3, -0.25) is 4.79 Å². The molecule has 0 fully saturated rings. The van der Waals surface area contributed by atoms with Crippen LogP contribution in [0.4, 0.5) is 0 Å². The van der Waals surface area contributed by atoms with E-state index in [-0.39, 0.29) is 17.1 Å². The maximum Gasteiger partial charge on any atom is 0.228 e. The lowest BCUT2D eigenvalue weighted by molar-refractivity contribution is -0.142. The summed E-state index contributed by atoms with van der Waals surface area (Å²) in [6.07, 6.45) is 4.84. The standard InChI is InChI=1S/C25H51NO3/c1-20(2)12-14-24(7,8)29-19-16-23(5,6)22(27)26(11)17-15-25(9,10)28-18-13-21(3)4/h20-21H,12-19H2,1-11H3. The molecule has 0 bridgehead atoms. The summed E-state index contributed by atoms with van der Waals surface area (Å²) in [7, 11) is 1.90. The third-order valence-corrected chi connectivity index (χ3v) is 5.71. The predicted octanol–water partition coefficient (Wildman–Crippen LogP) is 6.32. The fourth-order valence-corrected chi connectivity index (χ4v) is 3.10. The van der Waals surface area contributed by atoms with Crippen molar-refractivity contribution in [1.29, 1.82) is 0 Å². The monoisotopic (exact) mass is 413 g/mol. The van der Waals surface area contributed by atoms with E-state index >= 15 is 0 Å². The number of rotatable bonds is 15. The van der Waals surface area contributed by atoms with E-state index in [1.807, 2.05) is 25.8 Å². The summed E-state index contributed by atoms with van der Waals surface area (Å²) in [5.74, 6) is 1.51. The Balaban J connectivity index is 4.45. The Morgan fingerprint density at radius 3 is 1.76 bits per heavy atom. The zero-order valence-corrected chi connectivity index (χ0v) is 21.5. The molecule has 0 N–H and O–H groups in total. The Bertz CT molecular complexity index is 467. The number of carbonyl (C=O) groups excluding carboxylic acids is 1. The van der Waals surface area contributed by atoms with Gasteiger partial charge in [-0.15, -0.1) is 0 Å². The number of hydrogen-bond donors (Lipinski definition) is 0. The largest absolute Gasteiger partial charge is 0.376 e. The van der Waals surface area contributed by atoms with E-state index in [1.165, 1.54) is 0 Å². The fourth-order valence-electron chi connectivity index (χ4n) is 3.10. The molecule has 4 heteroatoms. The van der Waals surface area contributed by atoms with E-state index in [0.29, 0.717) is 25.0 Å². The third-order valence-electron chi connectivity index (χ3n) is 5.71. The van der Waals surface area contributed by atoms with Gasteiger partial charge in [0, 0.05) is 32.2 Å². The van der Waals surface area contributed by atoms with Crippen LogP contribution in [-0.2, 0) is 14.3 Å². The SMILES string of the molecule is CC(C)CCOC(C)(C)CCN(C)C(=O)C(C)(C)CCOC(C)(C)CCC(C)C. The molecule has 0 radical (unpaired) electrons. The molecule has 0 heterocycles. The van der Waals surface area contributed by atoms with Gasteiger partial charge in [-0.1, -0.05) is 41.5 Å². The van der Waals surface area contributed by atoms with Crippen molar-refractivity contribution in [2.45, 2.75) is 113 Å². The van der Waals surface area contributed by atoms with Crippen LogP contribution in [0.3, 0.4) is 0 Å². The van der Waals surface area contributed by atoms with Gasteiger partial charge in [0.2, 0.25) is 5.91 Å². The molecule has 0 aromatic rings. The Kier molecular flexibility index (Phi) is 12.0. The maximum atomic E-state index is 13.0. The van der Waals surface area contributed by atoms with Crippen LogP contribution in [0, 0.1) is 17.3 Å². The molecule has 0 rings (SSSR count). The highest BCUT2D eigenvalue weighted by Gasteiger charge is 2.32. The molecule has 0 spiro atoms. The van der Waals surface area contributed by atoms with Gasteiger partial charge in [0.1, 0.15) is 0 Å². The molecule has 0 aliphatic carbocycles. The lowest BCUT2D eigenvalue weighted by Crippen LogP contribution is -2.42. The van der Waals surface area contributed by atoms with Gasteiger partial charge in [0.25, 0.3) is 0 Å². The smallest absolute Gasteiger partial charge is 0.228 e. The van der Waals surface area contributed by atoms with Crippen LogP contribution >= 0.6 is 0 Å². The summed E-state index contributed by atoms with van der Waals surface area (Å²) < 4.78 is 12.2. The molecule has 0 aliphatic heterocycles. The van der Waals surface area contributed by atoms with Gasteiger partial charge in [0.05, 0.1) is 11.2 Å². The molecular weight excluding hydrogens is 362 g/mol. The number of carbonyl (C=O) groups is 1. The van der Waals surface area contributed by atoms with Gasteiger partial charge in [-0.05, 0) is 71.6 Å². The zero-order valence-electron chi connectivity index (χ0n) is 21.5. The lowest BCUT2D eigenvalue weighted by atomic mass is 9.87.